The summed E-state index contributed by atoms with van der Waals surface area (Å²) in [4.78, 5) is 0. The lowest BCUT2D eigenvalue weighted by molar-refractivity contribution is 0.757. The summed E-state index contributed by atoms with van der Waals surface area (Å²) in [5, 5.41) is 1.07. The lowest BCUT2D eigenvalue weighted by Gasteiger charge is -1.90. The molecule has 0 fully saturated rings. The van der Waals surface area contributed by atoms with Crippen LogP contribution in [0, 0.1) is 0 Å². The van der Waals surface area contributed by atoms with Gasteiger partial charge in [0.25, 0.3) is 0 Å². The molecule has 0 aromatic heterocycles. The van der Waals surface area contributed by atoms with Gasteiger partial charge in [-0.3, -0.25) is 0 Å². The maximum Gasteiger partial charge on any atom is 0.00659 e. The zero-order chi connectivity index (χ0) is 7.66. The van der Waals surface area contributed by atoms with Crippen LogP contribution >= 0.6 is 15.9 Å². The van der Waals surface area contributed by atoms with Crippen molar-refractivity contribution in [2.75, 3.05) is 11.9 Å². The predicted octanol–water partition coefficient (Wildman–Crippen LogP) is 2.46. The second kappa shape index (κ2) is 9.18. The first-order chi connectivity index (χ1) is 4.91. The van der Waals surface area contributed by atoms with Gasteiger partial charge in [0.2, 0.25) is 0 Å². The van der Waals surface area contributed by atoms with E-state index in [2.05, 4.69) is 28.1 Å². The summed E-state index contributed by atoms with van der Waals surface area (Å²) in [6, 6.07) is 0. The largest absolute Gasteiger partial charge is 0.330 e. The molecule has 1 nitrogen and oxygen atoms in total. The van der Waals surface area contributed by atoms with Crippen LogP contribution in [0.4, 0.5) is 0 Å². The molecule has 2 heteroatoms. The molecular weight excluding hydrogens is 190 g/mol. The average Bonchev–Trinajstić information content (AvgIpc) is 1.97. The summed E-state index contributed by atoms with van der Waals surface area (Å²) < 4.78 is 0. The molecule has 0 spiro atoms. The van der Waals surface area contributed by atoms with E-state index in [9.17, 15) is 0 Å². The number of hydrogen-bond acceptors (Lipinski definition) is 1. The van der Waals surface area contributed by atoms with Crippen molar-refractivity contribution in [3.8, 4) is 0 Å². The quantitative estimate of drug-likeness (QED) is 0.403. The van der Waals surface area contributed by atoms with E-state index < -0.39 is 0 Å². The Balaban J connectivity index is 2.88. The second-order valence-electron chi connectivity index (χ2n) is 2.23. The Hall–Kier alpha value is 0.180. The van der Waals surface area contributed by atoms with Crippen molar-refractivity contribution >= 4 is 15.9 Å². The van der Waals surface area contributed by atoms with E-state index in [1.807, 2.05) is 0 Å². The van der Waals surface area contributed by atoms with E-state index in [1.165, 1.54) is 12.8 Å². The Kier molecular flexibility index (Phi) is 9.35. The van der Waals surface area contributed by atoms with Crippen molar-refractivity contribution in [1.29, 1.82) is 0 Å². The summed E-state index contributed by atoms with van der Waals surface area (Å²) in [6.45, 7) is 0.826. The van der Waals surface area contributed by atoms with Gasteiger partial charge in [0, 0.05) is 5.33 Å². The zero-order valence-electron chi connectivity index (χ0n) is 6.35. The minimum absolute atomic E-state index is 0.826. The number of halogens is 1. The molecule has 0 aliphatic rings. The van der Waals surface area contributed by atoms with Crippen LogP contribution in [0.25, 0.3) is 0 Å². The minimum atomic E-state index is 0.826. The number of hydrogen-bond donors (Lipinski definition) is 1. The van der Waals surface area contributed by atoms with Crippen molar-refractivity contribution in [2.24, 2.45) is 5.73 Å². The van der Waals surface area contributed by atoms with Gasteiger partial charge in [-0.15, -0.1) is 0 Å². The van der Waals surface area contributed by atoms with Gasteiger partial charge in [0.1, 0.15) is 0 Å². The maximum atomic E-state index is 5.34. The molecule has 0 bridgehead atoms. The molecule has 0 aliphatic carbocycles. The highest BCUT2D eigenvalue weighted by molar-refractivity contribution is 9.09. The number of allylic oxidation sites excluding steroid dienone is 2. The van der Waals surface area contributed by atoms with E-state index in [0.717, 1.165) is 24.7 Å². The topological polar surface area (TPSA) is 26.0 Å². The minimum Gasteiger partial charge on any atom is -0.330 e. The highest BCUT2D eigenvalue weighted by atomic mass is 79.9. The van der Waals surface area contributed by atoms with Crippen LogP contribution in [-0.2, 0) is 0 Å². The first kappa shape index (κ1) is 10.2. The van der Waals surface area contributed by atoms with Gasteiger partial charge in [0.15, 0.2) is 0 Å². The Morgan fingerprint density at radius 3 is 2.40 bits per heavy atom. The zero-order valence-corrected chi connectivity index (χ0v) is 7.94. The molecule has 0 rings (SSSR count). The summed E-state index contributed by atoms with van der Waals surface area (Å²) in [5.41, 5.74) is 5.34. The number of nitrogens with two attached hydrogens (primary N) is 1. The molecule has 0 heterocycles. The fourth-order valence-corrected chi connectivity index (χ4v) is 0.970. The van der Waals surface area contributed by atoms with Crippen molar-refractivity contribution in [3.05, 3.63) is 12.2 Å². The van der Waals surface area contributed by atoms with E-state index in [1.54, 1.807) is 0 Å². The highest BCUT2D eigenvalue weighted by Crippen LogP contribution is 1.96. The van der Waals surface area contributed by atoms with Crippen LogP contribution in [-0.4, -0.2) is 11.9 Å². The van der Waals surface area contributed by atoms with Gasteiger partial charge in [-0.2, -0.15) is 0 Å². The Morgan fingerprint density at radius 2 is 1.80 bits per heavy atom. The molecule has 0 saturated carbocycles. The SMILES string of the molecule is NCCCCC=CCCBr. The lowest BCUT2D eigenvalue weighted by atomic mass is 10.2. The maximum absolute atomic E-state index is 5.34. The van der Waals surface area contributed by atoms with Crippen LogP contribution in [0.5, 0.6) is 0 Å². The van der Waals surface area contributed by atoms with Crippen LogP contribution in [0.15, 0.2) is 12.2 Å². The fraction of sp³-hybridized carbons (Fsp3) is 0.750. The monoisotopic (exact) mass is 205 g/mol. The predicted molar refractivity (Wildman–Crippen MR) is 50.5 cm³/mol. The molecule has 0 aliphatic heterocycles. The Bertz CT molecular complexity index is 81.3. The van der Waals surface area contributed by atoms with Gasteiger partial charge in [-0.1, -0.05) is 28.1 Å². The number of alkyl halides is 1. The fourth-order valence-electron chi connectivity index (χ4n) is 0.705. The van der Waals surface area contributed by atoms with Crippen LogP contribution < -0.4 is 5.73 Å². The molecule has 0 unspecified atom stereocenters. The summed E-state index contributed by atoms with van der Waals surface area (Å²) >= 11 is 3.36. The third-order valence-corrected chi connectivity index (χ3v) is 1.73. The molecule has 0 radical (unpaired) electrons. The van der Waals surface area contributed by atoms with Crippen LogP contribution in [0.2, 0.25) is 0 Å². The van der Waals surface area contributed by atoms with Crippen molar-refractivity contribution in [2.45, 2.75) is 25.7 Å². The Labute approximate surface area is 71.8 Å². The molecule has 0 atom stereocenters. The van der Waals surface area contributed by atoms with Crippen molar-refractivity contribution in [1.82, 2.24) is 0 Å². The Morgan fingerprint density at radius 1 is 1.10 bits per heavy atom. The molecule has 10 heavy (non-hydrogen) atoms. The van der Waals surface area contributed by atoms with Crippen LogP contribution in [0.3, 0.4) is 0 Å². The van der Waals surface area contributed by atoms with E-state index in [-0.39, 0.29) is 0 Å². The lowest BCUT2D eigenvalue weighted by Crippen LogP contribution is -1.96. The second-order valence-corrected chi connectivity index (χ2v) is 3.03. The normalized spacial score (nSPS) is 11.0. The van der Waals surface area contributed by atoms with Gasteiger partial charge in [0.05, 0.1) is 0 Å². The molecular formula is C8H16BrN. The van der Waals surface area contributed by atoms with Gasteiger partial charge in [-0.25, -0.2) is 0 Å². The third kappa shape index (κ3) is 8.18. The molecule has 2 N–H and O–H groups in total. The average molecular weight is 206 g/mol. The van der Waals surface area contributed by atoms with Crippen molar-refractivity contribution < 1.29 is 0 Å². The molecule has 60 valence electrons. The van der Waals surface area contributed by atoms with E-state index in [4.69, 9.17) is 5.73 Å². The standard InChI is InChI=1S/C8H16BrN/c9-7-5-3-1-2-4-6-8-10/h1,3H,2,4-8,10H2. The first-order valence-corrected chi connectivity index (χ1v) is 4.95. The van der Waals surface area contributed by atoms with Gasteiger partial charge >= 0.3 is 0 Å². The highest BCUT2D eigenvalue weighted by Gasteiger charge is 1.80. The van der Waals surface area contributed by atoms with E-state index in [0.29, 0.717) is 0 Å². The summed E-state index contributed by atoms with van der Waals surface area (Å²) in [7, 11) is 0. The van der Waals surface area contributed by atoms with Crippen LogP contribution in [0.1, 0.15) is 25.7 Å². The van der Waals surface area contributed by atoms with Crippen molar-refractivity contribution in [3.63, 3.8) is 0 Å². The molecule has 0 saturated heterocycles. The third-order valence-electron chi connectivity index (χ3n) is 1.27. The molecule has 0 amide bonds. The summed E-state index contributed by atoms with van der Waals surface area (Å²) in [6.07, 6.45) is 9.16. The number of rotatable bonds is 6. The summed E-state index contributed by atoms with van der Waals surface area (Å²) in [5.74, 6) is 0. The van der Waals surface area contributed by atoms with E-state index >= 15 is 0 Å². The molecule has 0 aromatic carbocycles. The van der Waals surface area contributed by atoms with Gasteiger partial charge < -0.3 is 5.73 Å². The van der Waals surface area contributed by atoms with Gasteiger partial charge in [-0.05, 0) is 32.2 Å². The molecule has 0 aromatic rings. The first-order valence-electron chi connectivity index (χ1n) is 3.83. The smallest absolute Gasteiger partial charge is 0.00659 e. The number of unbranched alkanes of at least 4 members (excludes halogenated alkanes) is 2.